The number of nitrogens with zero attached hydrogens (tertiary/aromatic N) is 4. The maximum absolute atomic E-state index is 12.1. The van der Waals surface area contributed by atoms with Crippen LogP contribution in [0.25, 0.3) is 11.0 Å². The summed E-state index contributed by atoms with van der Waals surface area (Å²) in [5.41, 5.74) is 0.689. The highest BCUT2D eigenvalue weighted by Gasteiger charge is 2.14. The van der Waals surface area contributed by atoms with Gasteiger partial charge in [0.25, 0.3) is 5.52 Å². The smallest absolute Gasteiger partial charge is 0.386 e. The van der Waals surface area contributed by atoms with Crippen molar-refractivity contribution in [2.45, 2.75) is 39.7 Å². The van der Waals surface area contributed by atoms with Crippen molar-refractivity contribution in [2.75, 3.05) is 13.1 Å². The normalized spacial score (nSPS) is 11.9. The Morgan fingerprint density at radius 2 is 1.84 bits per heavy atom. The van der Waals surface area contributed by atoms with E-state index in [1.807, 2.05) is 25.7 Å². The van der Waals surface area contributed by atoms with Crippen molar-refractivity contribution >= 4 is 28.5 Å². The standard InChI is InChI=1S/C22H25ClN4O4/c1-4-26(5-2)21(28)13-6-15(3)30-17-8-10-18(11-9-17)31-22-24-19-12-7-16(23)14-20(19)27(29)25-22/h7-12,14-15H,4-6,13H2,1-3H3. The van der Waals surface area contributed by atoms with Crippen molar-refractivity contribution in [1.29, 1.82) is 0 Å². The lowest BCUT2D eigenvalue weighted by Gasteiger charge is -2.20. The second-order valence-electron chi connectivity index (χ2n) is 7.01. The van der Waals surface area contributed by atoms with Crippen LogP contribution in [0.15, 0.2) is 42.5 Å². The highest BCUT2D eigenvalue weighted by molar-refractivity contribution is 6.31. The lowest BCUT2D eigenvalue weighted by Crippen LogP contribution is -2.32. The van der Waals surface area contributed by atoms with Crippen molar-refractivity contribution in [3.8, 4) is 17.5 Å². The van der Waals surface area contributed by atoms with Crippen LogP contribution < -0.4 is 14.3 Å². The fourth-order valence-corrected chi connectivity index (χ4v) is 3.25. The van der Waals surface area contributed by atoms with Crippen molar-refractivity contribution in [3.63, 3.8) is 0 Å². The minimum absolute atomic E-state index is 0.0678. The molecule has 0 bridgehead atoms. The highest BCUT2D eigenvalue weighted by Crippen LogP contribution is 2.23. The molecule has 1 aromatic heterocycles. The van der Waals surface area contributed by atoms with Gasteiger partial charge in [0.05, 0.1) is 11.2 Å². The minimum atomic E-state index is -0.110. The van der Waals surface area contributed by atoms with E-state index in [-0.39, 0.29) is 23.5 Å². The van der Waals surface area contributed by atoms with Crippen LogP contribution in [-0.2, 0) is 4.79 Å². The molecule has 8 nitrogen and oxygen atoms in total. The number of hydrogen-bond donors (Lipinski definition) is 0. The molecule has 1 heterocycles. The van der Waals surface area contributed by atoms with Gasteiger partial charge in [-0.2, -0.15) is 4.98 Å². The Balaban J connectivity index is 1.58. The summed E-state index contributed by atoms with van der Waals surface area (Å²) >= 11 is 5.90. The number of carbonyl (C=O) groups excluding carboxylic acids is 1. The van der Waals surface area contributed by atoms with Gasteiger partial charge in [0.15, 0.2) is 0 Å². The molecule has 2 aromatic carbocycles. The molecule has 0 spiro atoms. The summed E-state index contributed by atoms with van der Waals surface area (Å²) in [6.07, 6.45) is 0.969. The highest BCUT2D eigenvalue weighted by atomic mass is 35.5. The van der Waals surface area contributed by atoms with Gasteiger partial charge in [-0.1, -0.05) is 11.6 Å². The van der Waals surface area contributed by atoms with Crippen LogP contribution in [0.4, 0.5) is 0 Å². The average Bonchev–Trinajstić information content (AvgIpc) is 2.75. The number of fused-ring (bicyclic) bond motifs is 1. The molecule has 1 atom stereocenters. The van der Waals surface area contributed by atoms with Gasteiger partial charge in [-0.15, -0.1) is 0 Å². The molecule has 0 aliphatic carbocycles. The number of amides is 1. The third-order valence-corrected chi connectivity index (χ3v) is 5.02. The van der Waals surface area contributed by atoms with Gasteiger partial charge in [0.1, 0.15) is 17.0 Å². The van der Waals surface area contributed by atoms with Gasteiger partial charge in [-0.3, -0.25) is 4.79 Å². The lowest BCUT2D eigenvalue weighted by molar-refractivity contribution is -0.643. The number of hydrogen-bond acceptors (Lipinski definition) is 6. The average molecular weight is 445 g/mol. The van der Waals surface area contributed by atoms with E-state index in [1.54, 1.807) is 36.4 Å². The quantitative estimate of drug-likeness (QED) is 0.364. The van der Waals surface area contributed by atoms with Crippen LogP contribution in [0.5, 0.6) is 17.5 Å². The third kappa shape index (κ3) is 5.95. The molecule has 0 aliphatic rings. The molecule has 0 saturated carbocycles. The van der Waals surface area contributed by atoms with Gasteiger partial charge >= 0.3 is 6.01 Å². The molecular weight excluding hydrogens is 420 g/mol. The van der Waals surface area contributed by atoms with Crippen molar-refractivity contribution in [2.24, 2.45) is 0 Å². The maximum Gasteiger partial charge on any atom is 0.386 e. The Kier molecular flexibility index (Phi) is 7.46. The molecule has 3 rings (SSSR count). The summed E-state index contributed by atoms with van der Waals surface area (Å²) in [5.74, 6) is 1.26. The molecule has 164 valence electrons. The number of halogens is 1. The second-order valence-corrected chi connectivity index (χ2v) is 7.44. The van der Waals surface area contributed by atoms with Gasteiger partial charge in [-0.25, -0.2) is 0 Å². The molecule has 0 aliphatic heterocycles. The Morgan fingerprint density at radius 1 is 1.16 bits per heavy atom. The Labute approximate surface area is 185 Å². The first-order chi connectivity index (χ1) is 14.9. The fourth-order valence-electron chi connectivity index (χ4n) is 3.09. The van der Waals surface area contributed by atoms with Crippen LogP contribution in [-0.4, -0.2) is 40.1 Å². The van der Waals surface area contributed by atoms with Crippen molar-refractivity contribution in [3.05, 3.63) is 52.7 Å². The van der Waals surface area contributed by atoms with E-state index in [9.17, 15) is 10.0 Å². The molecule has 3 aromatic rings. The zero-order chi connectivity index (χ0) is 22.4. The predicted molar refractivity (Wildman–Crippen MR) is 117 cm³/mol. The first-order valence-corrected chi connectivity index (χ1v) is 10.6. The lowest BCUT2D eigenvalue weighted by atomic mass is 10.2. The van der Waals surface area contributed by atoms with E-state index >= 15 is 0 Å². The molecule has 1 amide bonds. The molecule has 1 unspecified atom stereocenters. The maximum atomic E-state index is 12.1. The SMILES string of the molecule is CCN(CC)C(=O)CCC(C)Oc1ccc(Oc2nc3ccc(Cl)cc3[n+]([O-])n2)cc1. The van der Waals surface area contributed by atoms with E-state index in [2.05, 4.69) is 10.1 Å². The topological polar surface area (TPSA) is 91.5 Å². The number of rotatable bonds is 9. The zero-order valence-corrected chi connectivity index (χ0v) is 18.5. The van der Waals surface area contributed by atoms with E-state index in [1.165, 1.54) is 6.07 Å². The molecule has 0 saturated heterocycles. The fraction of sp³-hybridized carbons (Fsp3) is 0.364. The summed E-state index contributed by atoms with van der Waals surface area (Å²) in [6, 6.07) is 11.6. The summed E-state index contributed by atoms with van der Waals surface area (Å²) in [4.78, 5) is 18.6. The molecule has 0 N–H and O–H groups in total. The van der Waals surface area contributed by atoms with Gasteiger partial charge in [0, 0.05) is 30.6 Å². The number of benzene rings is 2. The van der Waals surface area contributed by atoms with Crippen LogP contribution >= 0.6 is 11.6 Å². The molecule has 9 heteroatoms. The van der Waals surface area contributed by atoms with E-state index in [4.69, 9.17) is 21.1 Å². The second kappa shape index (κ2) is 10.3. The third-order valence-electron chi connectivity index (χ3n) is 4.79. The summed E-state index contributed by atoms with van der Waals surface area (Å²) in [6.45, 7) is 7.31. The Hall–Kier alpha value is -3.13. The van der Waals surface area contributed by atoms with Crippen LogP contribution in [0.2, 0.25) is 5.02 Å². The van der Waals surface area contributed by atoms with Gasteiger partial charge in [0.2, 0.25) is 5.91 Å². The van der Waals surface area contributed by atoms with Crippen LogP contribution in [0.1, 0.15) is 33.6 Å². The molecule has 0 fully saturated rings. The number of ether oxygens (including phenoxy) is 2. The minimum Gasteiger partial charge on any atom is -0.594 e. The van der Waals surface area contributed by atoms with Crippen LogP contribution in [0.3, 0.4) is 0 Å². The number of carbonyl (C=O) groups is 1. The van der Waals surface area contributed by atoms with Crippen LogP contribution in [0, 0.1) is 5.21 Å². The molecule has 31 heavy (non-hydrogen) atoms. The van der Waals surface area contributed by atoms with Gasteiger partial charge in [-0.05, 0) is 68.4 Å². The predicted octanol–water partition coefficient (Wildman–Crippen LogP) is 4.12. The largest absolute Gasteiger partial charge is 0.594 e. The van der Waals surface area contributed by atoms with E-state index in [0.717, 1.165) is 0 Å². The zero-order valence-electron chi connectivity index (χ0n) is 17.7. The van der Waals surface area contributed by atoms with Crippen molar-refractivity contribution in [1.82, 2.24) is 15.0 Å². The summed E-state index contributed by atoms with van der Waals surface area (Å²) in [5, 5.41) is 16.3. The summed E-state index contributed by atoms with van der Waals surface area (Å²) < 4.78 is 11.5. The molecule has 0 radical (unpaired) electrons. The molecular formula is C22H25ClN4O4. The van der Waals surface area contributed by atoms with E-state index in [0.29, 0.717) is 52.8 Å². The Morgan fingerprint density at radius 3 is 2.52 bits per heavy atom. The number of aromatic nitrogens is 3. The Bertz CT molecular complexity index is 1040. The van der Waals surface area contributed by atoms with Gasteiger partial charge < -0.3 is 19.6 Å². The van der Waals surface area contributed by atoms with Crippen molar-refractivity contribution < 1.29 is 19.1 Å². The summed E-state index contributed by atoms with van der Waals surface area (Å²) in [7, 11) is 0. The monoisotopic (exact) mass is 444 g/mol. The first kappa shape index (κ1) is 22.6. The van der Waals surface area contributed by atoms with E-state index < -0.39 is 0 Å². The first-order valence-electron chi connectivity index (χ1n) is 10.2.